The van der Waals surface area contributed by atoms with Crippen LogP contribution >= 0.6 is 0 Å². The molecule has 0 fully saturated rings. The Labute approximate surface area is 112 Å². The van der Waals surface area contributed by atoms with E-state index < -0.39 is 0 Å². The first kappa shape index (κ1) is 13.5. The van der Waals surface area contributed by atoms with Gasteiger partial charge in [-0.25, -0.2) is 4.39 Å². The van der Waals surface area contributed by atoms with Crippen LogP contribution in [0.5, 0.6) is 5.75 Å². The summed E-state index contributed by atoms with van der Waals surface area (Å²) in [6, 6.07) is 4.25. The predicted octanol–water partition coefficient (Wildman–Crippen LogP) is 2.20. The largest absolute Gasteiger partial charge is 0.493 e. The lowest BCUT2D eigenvalue weighted by atomic mass is 10.1. The van der Waals surface area contributed by atoms with E-state index in [-0.39, 0.29) is 11.9 Å². The van der Waals surface area contributed by atoms with E-state index in [0.717, 1.165) is 17.5 Å². The molecule has 0 unspecified atom stereocenters. The lowest BCUT2D eigenvalue weighted by molar-refractivity contribution is 0.315. The number of rotatable bonds is 5. The molecule has 0 aliphatic rings. The van der Waals surface area contributed by atoms with Gasteiger partial charge in [-0.05, 0) is 18.6 Å². The number of ether oxygens (including phenoxy) is 1. The van der Waals surface area contributed by atoms with Crippen molar-refractivity contribution in [3.63, 3.8) is 0 Å². The Kier molecular flexibility index (Phi) is 4.16. The number of nitrogens with zero attached hydrogens (tertiary/aromatic N) is 2. The third-order valence-corrected chi connectivity index (χ3v) is 2.87. The lowest BCUT2D eigenvalue weighted by Gasteiger charge is -2.13. The minimum Gasteiger partial charge on any atom is -0.493 e. The molecule has 0 bridgehead atoms. The molecule has 2 rings (SSSR count). The SMILES string of the molecule is C[C@H](N)c1ccc(F)cc1OCCc1cnn(C)c1. The molecule has 0 amide bonds. The van der Waals surface area contributed by atoms with Gasteiger partial charge in [0.1, 0.15) is 11.6 Å². The number of hydrogen-bond donors (Lipinski definition) is 1. The summed E-state index contributed by atoms with van der Waals surface area (Å²) in [6.07, 6.45) is 4.45. The van der Waals surface area contributed by atoms with Gasteiger partial charge in [0.05, 0.1) is 12.8 Å². The monoisotopic (exact) mass is 263 g/mol. The summed E-state index contributed by atoms with van der Waals surface area (Å²) in [6.45, 7) is 2.32. The second kappa shape index (κ2) is 5.84. The molecular formula is C14H18FN3O. The van der Waals surface area contributed by atoms with Gasteiger partial charge in [0.25, 0.3) is 0 Å². The molecule has 5 heteroatoms. The average Bonchev–Trinajstić information content (AvgIpc) is 2.75. The number of benzene rings is 1. The average molecular weight is 263 g/mol. The summed E-state index contributed by atoms with van der Waals surface area (Å²) in [5, 5.41) is 4.08. The first-order chi connectivity index (χ1) is 9.06. The molecule has 2 aromatic rings. The van der Waals surface area contributed by atoms with Crippen molar-refractivity contribution in [3.8, 4) is 5.75 Å². The normalized spacial score (nSPS) is 12.4. The van der Waals surface area contributed by atoms with Crippen LogP contribution in [0.2, 0.25) is 0 Å². The molecule has 2 N–H and O–H groups in total. The van der Waals surface area contributed by atoms with Crippen LogP contribution in [-0.2, 0) is 13.5 Å². The van der Waals surface area contributed by atoms with Crippen molar-refractivity contribution in [2.75, 3.05) is 6.61 Å². The van der Waals surface area contributed by atoms with Crippen LogP contribution in [0.1, 0.15) is 24.1 Å². The van der Waals surface area contributed by atoms with Gasteiger partial charge in [0, 0.05) is 37.3 Å². The second-order valence-electron chi connectivity index (χ2n) is 4.59. The van der Waals surface area contributed by atoms with E-state index in [1.165, 1.54) is 12.1 Å². The van der Waals surface area contributed by atoms with Crippen LogP contribution in [0, 0.1) is 5.82 Å². The molecule has 1 heterocycles. The van der Waals surface area contributed by atoms with Gasteiger partial charge in [0.2, 0.25) is 0 Å². The Morgan fingerprint density at radius 3 is 2.89 bits per heavy atom. The van der Waals surface area contributed by atoms with Crippen LogP contribution in [0.15, 0.2) is 30.6 Å². The van der Waals surface area contributed by atoms with E-state index in [1.807, 2.05) is 20.2 Å². The highest BCUT2D eigenvalue weighted by Crippen LogP contribution is 2.24. The van der Waals surface area contributed by atoms with E-state index in [0.29, 0.717) is 12.4 Å². The van der Waals surface area contributed by atoms with Crippen molar-refractivity contribution in [2.24, 2.45) is 12.8 Å². The molecular weight excluding hydrogens is 245 g/mol. The molecule has 19 heavy (non-hydrogen) atoms. The third-order valence-electron chi connectivity index (χ3n) is 2.87. The van der Waals surface area contributed by atoms with Crippen molar-refractivity contribution in [1.29, 1.82) is 0 Å². The Morgan fingerprint density at radius 2 is 2.26 bits per heavy atom. The van der Waals surface area contributed by atoms with Crippen molar-refractivity contribution >= 4 is 0 Å². The fourth-order valence-electron chi connectivity index (χ4n) is 1.89. The number of aromatic nitrogens is 2. The van der Waals surface area contributed by atoms with Gasteiger partial charge in [-0.2, -0.15) is 5.10 Å². The summed E-state index contributed by atoms with van der Waals surface area (Å²) in [7, 11) is 1.87. The molecule has 0 aliphatic carbocycles. The standard InChI is InChI=1S/C14H18FN3O/c1-10(16)13-4-3-12(15)7-14(13)19-6-5-11-8-17-18(2)9-11/h3-4,7-10H,5-6,16H2,1-2H3/t10-/m0/s1. The topological polar surface area (TPSA) is 53.1 Å². The zero-order valence-corrected chi connectivity index (χ0v) is 11.1. The molecule has 4 nitrogen and oxygen atoms in total. The van der Waals surface area contributed by atoms with Gasteiger partial charge in [-0.1, -0.05) is 6.07 Å². The molecule has 1 aromatic carbocycles. The van der Waals surface area contributed by atoms with E-state index in [4.69, 9.17) is 10.5 Å². The molecule has 1 atom stereocenters. The third kappa shape index (κ3) is 3.54. The van der Waals surface area contributed by atoms with Crippen LogP contribution in [-0.4, -0.2) is 16.4 Å². The summed E-state index contributed by atoms with van der Waals surface area (Å²) >= 11 is 0. The number of nitrogens with two attached hydrogens (primary N) is 1. The summed E-state index contributed by atoms with van der Waals surface area (Å²) in [4.78, 5) is 0. The summed E-state index contributed by atoms with van der Waals surface area (Å²) < 4.78 is 20.6. The van der Waals surface area contributed by atoms with E-state index in [1.54, 1.807) is 16.9 Å². The summed E-state index contributed by atoms with van der Waals surface area (Å²) in [5.41, 5.74) is 7.73. The molecule has 0 spiro atoms. The lowest BCUT2D eigenvalue weighted by Crippen LogP contribution is -2.09. The van der Waals surface area contributed by atoms with E-state index in [2.05, 4.69) is 5.10 Å². The number of aryl methyl sites for hydroxylation is 1. The maximum atomic E-state index is 13.2. The molecule has 102 valence electrons. The molecule has 0 saturated carbocycles. The molecule has 1 aromatic heterocycles. The van der Waals surface area contributed by atoms with Gasteiger partial charge in [-0.3, -0.25) is 4.68 Å². The Hall–Kier alpha value is -1.88. The van der Waals surface area contributed by atoms with Crippen molar-refractivity contribution in [2.45, 2.75) is 19.4 Å². The Morgan fingerprint density at radius 1 is 1.47 bits per heavy atom. The molecule has 0 saturated heterocycles. The highest BCUT2D eigenvalue weighted by Gasteiger charge is 2.09. The van der Waals surface area contributed by atoms with Gasteiger partial charge in [-0.15, -0.1) is 0 Å². The van der Waals surface area contributed by atoms with Gasteiger partial charge < -0.3 is 10.5 Å². The molecule has 0 aliphatic heterocycles. The van der Waals surface area contributed by atoms with Gasteiger partial charge in [0.15, 0.2) is 0 Å². The smallest absolute Gasteiger partial charge is 0.126 e. The highest BCUT2D eigenvalue weighted by atomic mass is 19.1. The van der Waals surface area contributed by atoms with Crippen LogP contribution in [0.3, 0.4) is 0 Å². The highest BCUT2D eigenvalue weighted by molar-refractivity contribution is 5.36. The Balaban J connectivity index is 2.00. The molecule has 0 radical (unpaired) electrons. The number of halogens is 1. The fraction of sp³-hybridized carbons (Fsp3) is 0.357. The minimum absolute atomic E-state index is 0.186. The minimum atomic E-state index is -0.319. The van der Waals surface area contributed by atoms with Crippen molar-refractivity contribution in [1.82, 2.24) is 9.78 Å². The van der Waals surface area contributed by atoms with Gasteiger partial charge >= 0.3 is 0 Å². The van der Waals surface area contributed by atoms with Crippen LogP contribution in [0.25, 0.3) is 0 Å². The maximum absolute atomic E-state index is 13.2. The summed E-state index contributed by atoms with van der Waals surface area (Å²) in [5.74, 6) is 0.194. The quantitative estimate of drug-likeness (QED) is 0.899. The Bertz CT molecular complexity index is 551. The second-order valence-corrected chi connectivity index (χ2v) is 4.59. The zero-order chi connectivity index (χ0) is 13.8. The predicted molar refractivity (Wildman–Crippen MR) is 71.4 cm³/mol. The van der Waals surface area contributed by atoms with E-state index >= 15 is 0 Å². The maximum Gasteiger partial charge on any atom is 0.126 e. The number of hydrogen-bond acceptors (Lipinski definition) is 3. The van der Waals surface area contributed by atoms with E-state index in [9.17, 15) is 4.39 Å². The zero-order valence-electron chi connectivity index (χ0n) is 11.1. The van der Waals surface area contributed by atoms with Crippen molar-refractivity contribution < 1.29 is 9.13 Å². The van der Waals surface area contributed by atoms with Crippen molar-refractivity contribution in [3.05, 3.63) is 47.5 Å². The first-order valence-electron chi connectivity index (χ1n) is 6.21. The van der Waals surface area contributed by atoms with Crippen LogP contribution in [0.4, 0.5) is 4.39 Å². The first-order valence-corrected chi connectivity index (χ1v) is 6.21. The fourth-order valence-corrected chi connectivity index (χ4v) is 1.89. The van der Waals surface area contributed by atoms with Crippen LogP contribution < -0.4 is 10.5 Å².